The third-order valence-corrected chi connectivity index (χ3v) is 3.17. The average molecular weight is 262 g/mol. The van der Waals surface area contributed by atoms with Crippen molar-refractivity contribution >= 4 is 0 Å². The summed E-state index contributed by atoms with van der Waals surface area (Å²) in [7, 11) is 0. The van der Waals surface area contributed by atoms with Crippen molar-refractivity contribution in [2.45, 2.75) is 31.5 Å². The number of nitrogens with one attached hydrogen (secondary N) is 1. The van der Waals surface area contributed by atoms with E-state index in [0.717, 1.165) is 31.0 Å². The van der Waals surface area contributed by atoms with Gasteiger partial charge in [0.2, 0.25) is 0 Å². The monoisotopic (exact) mass is 262 g/mol. The SMILES string of the molecule is NNC(CC1CC1)c1cc(C(F)(F)F)ccc1F. The molecule has 1 unspecified atom stereocenters. The van der Waals surface area contributed by atoms with Crippen LogP contribution in [0.25, 0.3) is 0 Å². The molecule has 2 nitrogen and oxygen atoms in total. The number of nitrogens with two attached hydrogens (primary N) is 1. The van der Waals surface area contributed by atoms with E-state index in [9.17, 15) is 17.6 Å². The van der Waals surface area contributed by atoms with Gasteiger partial charge in [-0.25, -0.2) is 4.39 Å². The number of hydrogen-bond acceptors (Lipinski definition) is 2. The Morgan fingerprint density at radius 3 is 2.50 bits per heavy atom. The molecule has 0 aliphatic heterocycles. The Bertz CT molecular complexity index is 427. The summed E-state index contributed by atoms with van der Waals surface area (Å²) in [5.74, 6) is 5.08. The largest absolute Gasteiger partial charge is 0.416 e. The van der Waals surface area contributed by atoms with E-state index in [-0.39, 0.29) is 5.56 Å². The summed E-state index contributed by atoms with van der Waals surface area (Å²) in [6.07, 6.45) is -1.85. The molecular weight excluding hydrogens is 248 g/mol. The van der Waals surface area contributed by atoms with Gasteiger partial charge in [0, 0.05) is 11.6 Å². The van der Waals surface area contributed by atoms with Crippen molar-refractivity contribution in [2.75, 3.05) is 0 Å². The Balaban J connectivity index is 2.28. The van der Waals surface area contributed by atoms with Gasteiger partial charge < -0.3 is 0 Å². The predicted octanol–water partition coefficient (Wildman–Crippen LogP) is 3.15. The number of benzene rings is 1. The summed E-state index contributed by atoms with van der Waals surface area (Å²) in [6, 6.07) is 1.85. The van der Waals surface area contributed by atoms with Gasteiger partial charge in [-0.2, -0.15) is 13.2 Å². The highest BCUT2D eigenvalue weighted by atomic mass is 19.4. The highest BCUT2D eigenvalue weighted by Crippen LogP contribution is 2.39. The van der Waals surface area contributed by atoms with Gasteiger partial charge in [-0.15, -0.1) is 0 Å². The lowest BCUT2D eigenvalue weighted by molar-refractivity contribution is -0.137. The molecule has 2 rings (SSSR count). The molecule has 1 aliphatic rings. The van der Waals surface area contributed by atoms with E-state index in [0.29, 0.717) is 12.3 Å². The van der Waals surface area contributed by atoms with Gasteiger partial charge in [-0.1, -0.05) is 12.8 Å². The molecule has 1 aromatic rings. The normalized spacial score (nSPS) is 17.8. The van der Waals surface area contributed by atoms with E-state index in [1.807, 2.05) is 0 Å². The fourth-order valence-electron chi connectivity index (χ4n) is 1.96. The second-order valence-corrected chi connectivity index (χ2v) is 4.63. The first-order chi connectivity index (χ1) is 8.41. The fourth-order valence-corrected chi connectivity index (χ4v) is 1.96. The van der Waals surface area contributed by atoms with Crippen LogP contribution in [0.5, 0.6) is 0 Å². The topological polar surface area (TPSA) is 38.0 Å². The summed E-state index contributed by atoms with van der Waals surface area (Å²) < 4.78 is 51.3. The van der Waals surface area contributed by atoms with Crippen LogP contribution < -0.4 is 11.3 Å². The number of hydrazine groups is 1. The minimum absolute atomic E-state index is 0.0146. The number of hydrogen-bond donors (Lipinski definition) is 2. The van der Waals surface area contributed by atoms with Gasteiger partial charge in [0.1, 0.15) is 5.82 Å². The molecule has 0 radical (unpaired) electrons. The third-order valence-electron chi connectivity index (χ3n) is 3.17. The molecule has 100 valence electrons. The maximum Gasteiger partial charge on any atom is 0.416 e. The molecule has 1 fully saturated rings. The Kier molecular flexibility index (Phi) is 3.59. The first kappa shape index (κ1) is 13.3. The van der Waals surface area contributed by atoms with Gasteiger partial charge in [0.15, 0.2) is 0 Å². The minimum Gasteiger partial charge on any atom is -0.271 e. The molecule has 0 bridgehead atoms. The third kappa shape index (κ3) is 3.00. The van der Waals surface area contributed by atoms with Crippen LogP contribution in [-0.2, 0) is 6.18 Å². The molecule has 3 N–H and O–H groups in total. The number of rotatable bonds is 4. The Labute approximate surface area is 102 Å². The van der Waals surface area contributed by atoms with Crippen LogP contribution >= 0.6 is 0 Å². The maximum atomic E-state index is 13.6. The minimum atomic E-state index is -4.47. The lowest BCUT2D eigenvalue weighted by atomic mass is 9.99. The highest BCUT2D eigenvalue weighted by molar-refractivity contribution is 5.29. The van der Waals surface area contributed by atoms with Crippen molar-refractivity contribution in [2.24, 2.45) is 11.8 Å². The van der Waals surface area contributed by atoms with Crippen LogP contribution in [0.15, 0.2) is 18.2 Å². The average Bonchev–Trinajstić information content (AvgIpc) is 3.09. The molecule has 0 saturated heterocycles. The molecule has 0 spiro atoms. The van der Waals surface area contributed by atoms with Crippen LogP contribution in [-0.4, -0.2) is 0 Å². The molecule has 0 aromatic heterocycles. The molecule has 18 heavy (non-hydrogen) atoms. The lowest BCUT2D eigenvalue weighted by Crippen LogP contribution is -2.29. The Morgan fingerprint density at radius 1 is 1.33 bits per heavy atom. The summed E-state index contributed by atoms with van der Waals surface area (Å²) >= 11 is 0. The molecule has 1 aromatic carbocycles. The summed E-state index contributed by atoms with van der Waals surface area (Å²) in [5, 5.41) is 0. The van der Waals surface area contributed by atoms with Gasteiger partial charge >= 0.3 is 6.18 Å². The zero-order valence-electron chi connectivity index (χ0n) is 9.60. The predicted molar refractivity (Wildman–Crippen MR) is 58.8 cm³/mol. The van der Waals surface area contributed by atoms with Crippen LogP contribution in [0, 0.1) is 11.7 Å². The van der Waals surface area contributed by atoms with Crippen molar-refractivity contribution in [1.29, 1.82) is 0 Å². The number of alkyl halides is 3. The van der Waals surface area contributed by atoms with E-state index in [1.54, 1.807) is 0 Å². The van der Waals surface area contributed by atoms with Crippen LogP contribution in [0.3, 0.4) is 0 Å². The van der Waals surface area contributed by atoms with Gasteiger partial charge in [-0.3, -0.25) is 11.3 Å². The quantitative estimate of drug-likeness (QED) is 0.497. The smallest absolute Gasteiger partial charge is 0.271 e. The first-order valence-electron chi connectivity index (χ1n) is 5.74. The van der Waals surface area contributed by atoms with Crippen molar-refractivity contribution in [3.8, 4) is 0 Å². The molecular formula is C12H14F4N2. The summed E-state index contributed by atoms with van der Waals surface area (Å²) in [6.45, 7) is 0. The van der Waals surface area contributed by atoms with Crippen LogP contribution in [0.1, 0.15) is 36.4 Å². The van der Waals surface area contributed by atoms with E-state index in [2.05, 4.69) is 5.43 Å². The molecule has 1 atom stereocenters. The van der Waals surface area contributed by atoms with E-state index in [1.165, 1.54) is 0 Å². The van der Waals surface area contributed by atoms with E-state index >= 15 is 0 Å². The first-order valence-corrected chi connectivity index (χ1v) is 5.74. The Morgan fingerprint density at radius 2 is 2.00 bits per heavy atom. The van der Waals surface area contributed by atoms with Gasteiger partial charge in [0.05, 0.1) is 5.56 Å². The van der Waals surface area contributed by atoms with Gasteiger partial charge in [0.25, 0.3) is 0 Å². The Hall–Kier alpha value is -1.14. The second kappa shape index (κ2) is 4.85. The standard InChI is InChI=1S/C12H14F4N2/c13-10-4-3-8(12(14,15)16)6-9(10)11(18-17)5-7-1-2-7/h3-4,6-7,11,18H,1-2,5,17H2. The van der Waals surface area contributed by atoms with Crippen molar-refractivity contribution in [3.63, 3.8) is 0 Å². The molecule has 0 heterocycles. The van der Waals surface area contributed by atoms with Crippen molar-refractivity contribution in [3.05, 3.63) is 35.1 Å². The number of halogens is 4. The second-order valence-electron chi connectivity index (χ2n) is 4.63. The van der Waals surface area contributed by atoms with E-state index < -0.39 is 23.6 Å². The fraction of sp³-hybridized carbons (Fsp3) is 0.500. The van der Waals surface area contributed by atoms with Crippen LogP contribution in [0.4, 0.5) is 17.6 Å². The zero-order chi connectivity index (χ0) is 13.3. The molecule has 1 saturated carbocycles. The summed E-state index contributed by atoms with van der Waals surface area (Å²) in [5.41, 5.74) is 1.54. The lowest BCUT2D eigenvalue weighted by Gasteiger charge is -2.18. The highest BCUT2D eigenvalue weighted by Gasteiger charge is 2.33. The van der Waals surface area contributed by atoms with Gasteiger partial charge in [-0.05, 0) is 30.5 Å². The summed E-state index contributed by atoms with van der Waals surface area (Å²) in [4.78, 5) is 0. The molecule has 6 heteroatoms. The molecule has 0 amide bonds. The van der Waals surface area contributed by atoms with Crippen LogP contribution in [0.2, 0.25) is 0 Å². The molecule has 1 aliphatic carbocycles. The van der Waals surface area contributed by atoms with Crippen molar-refractivity contribution < 1.29 is 17.6 Å². The van der Waals surface area contributed by atoms with Crippen molar-refractivity contribution in [1.82, 2.24) is 5.43 Å². The van der Waals surface area contributed by atoms with E-state index in [4.69, 9.17) is 5.84 Å². The maximum absolute atomic E-state index is 13.6. The zero-order valence-corrected chi connectivity index (χ0v) is 9.60.